The number of anilines is 1. The lowest BCUT2D eigenvalue weighted by Crippen LogP contribution is -2.28. The van der Waals surface area contributed by atoms with Crippen LogP contribution in [0.25, 0.3) is 6.08 Å². The van der Waals surface area contributed by atoms with Crippen LogP contribution >= 0.6 is 11.6 Å². The minimum atomic E-state index is -0.414. The predicted octanol–water partition coefficient (Wildman–Crippen LogP) is 3.90. The molecule has 2 aromatic carbocycles. The number of esters is 1. The summed E-state index contributed by atoms with van der Waals surface area (Å²) in [5.41, 5.74) is 2.30. The molecule has 30 heavy (non-hydrogen) atoms. The third-order valence-corrected chi connectivity index (χ3v) is 5.15. The third-order valence-electron chi connectivity index (χ3n) is 4.78. The molecule has 2 amide bonds. The van der Waals surface area contributed by atoms with Crippen LogP contribution in [0.2, 0.25) is 5.02 Å². The highest BCUT2D eigenvalue weighted by molar-refractivity contribution is 6.31. The molecule has 0 saturated carbocycles. The van der Waals surface area contributed by atoms with Crippen LogP contribution in [0.3, 0.4) is 0 Å². The van der Waals surface area contributed by atoms with Gasteiger partial charge in [-0.15, -0.1) is 0 Å². The molecule has 7 heteroatoms. The van der Waals surface area contributed by atoms with Crippen LogP contribution in [0, 0.1) is 5.92 Å². The van der Waals surface area contributed by atoms with Crippen molar-refractivity contribution >= 4 is 41.1 Å². The second-order valence-corrected chi connectivity index (χ2v) is 7.37. The smallest absolute Gasteiger partial charge is 0.330 e. The second-order valence-electron chi connectivity index (χ2n) is 6.96. The van der Waals surface area contributed by atoms with Gasteiger partial charge in [0, 0.05) is 36.3 Å². The van der Waals surface area contributed by atoms with Crippen LogP contribution in [-0.2, 0) is 25.7 Å². The topological polar surface area (TPSA) is 75.7 Å². The Hall–Kier alpha value is -3.12. The molecule has 1 fully saturated rings. The fourth-order valence-corrected chi connectivity index (χ4v) is 3.40. The molecule has 1 saturated heterocycles. The largest absolute Gasteiger partial charge is 0.463 e. The Labute approximate surface area is 180 Å². The van der Waals surface area contributed by atoms with E-state index in [0.29, 0.717) is 30.4 Å². The number of hydrogen-bond donors (Lipinski definition) is 1. The summed E-state index contributed by atoms with van der Waals surface area (Å²) >= 11 is 6.18. The monoisotopic (exact) mass is 426 g/mol. The average Bonchev–Trinajstić information content (AvgIpc) is 3.10. The van der Waals surface area contributed by atoms with Crippen molar-refractivity contribution in [1.29, 1.82) is 0 Å². The number of rotatable bonds is 7. The highest BCUT2D eigenvalue weighted by Gasteiger charge is 2.34. The Kier molecular flexibility index (Phi) is 7.25. The second kappa shape index (κ2) is 10.1. The number of benzene rings is 2. The van der Waals surface area contributed by atoms with E-state index in [1.165, 1.54) is 6.08 Å². The number of nitrogens with one attached hydrogen (secondary N) is 1. The van der Waals surface area contributed by atoms with Crippen LogP contribution in [0.15, 0.2) is 54.6 Å². The Morgan fingerprint density at radius 1 is 1.20 bits per heavy atom. The lowest BCUT2D eigenvalue weighted by Gasteiger charge is -2.17. The van der Waals surface area contributed by atoms with Crippen molar-refractivity contribution in [2.45, 2.75) is 19.9 Å². The molecule has 1 heterocycles. The van der Waals surface area contributed by atoms with Crippen molar-refractivity contribution in [3.05, 3.63) is 70.8 Å². The van der Waals surface area contributed by atoms with Crippen LogP contribution in [0.4, 0.5) is 5.69 Å². The average molecular weight is 427 g/mol. The fourth-order valence-electron chi connectivity index (χ4n) is 3.21. The summed E-state index contributed by atoms with van der Waals surface area (Å²) in [4.78, 5) is 38.0. The maximum atomic E-state index is 12.6. The lowest BCUT2D eigenvalue weighted by atomic mass is 10.1. The number of halogens is 1. The zero-order chi connectivity index (χ0) is 21.5. The van der Waals surface area contributed by atoms with Gasteiger partial charge in [-0.05, 0) is 42.3 Å². The summed E-state index contributed by atoms with van der Waals surface area (Å²) in [6.07, 6.45) is 3.18. The van der Waals surface area contributed by atoms with Gasteiger partial charge in [0.1, 0.15) is 0 Å². The molecule has 0 radical (unpaired) electrons. The molecule has 3 rings (SSSR count). The number of carbonyl (C=O) groups is 3. The van der Waals surface area contributed by atoms with Crippen molar-refractivity contribution in [3.63, 3.8) is 0 Å². The zero-order valence-corrected chi connectivity index (χ0v) is 17.4. The minimum Gasteiger partial charge on any atom is -0.463 e. The normalized spacial score (nSPS) is 16.1. The van der Waals surface area contributed by atoms with Gasteiger partial charge in [-0.1, -0.05) is 41.9 Å². The maximum Gasteiger partial charge on any atom is 0.330 e. The Balaban J connectivity index is 1.55. The van der Waals surface area contributed by atoms with Crippen molar-refractivity contribution in [3.8, 4) is 0 Å². The Bertz CT molecular complexity index is 956. The highest BCUT2D eigenvalue weighted by atomic mass is 35.5. The van der Waals surface area contributed by atoms with Gasteiger partial charge in [0.2, 0.25) is 11.8 Å². The van der Waals surface area contributed by atoms with Crippen LogP contribution in [-0.4, -0.2) is 35.8 Å². The van der Waals surface area contributed by atoms with E-state index in [1.54, 1.807) is 48.2 Å². The molecule has 1 aliphatic rings. The molecule has 0 bridgehead atoms. The standard InChI is InChI=1S/C23H23ClN2O4/c1-2-30-22(28)12-9-16-7-10-19(11-8-16)25-23(29)18-13-21(27)26(15-18)14-17-5-3-4-6-20(17)24/h3-12,18H,2,13-15H2,1H3,(H,25,29). The van der Waals surface area contributed by atoms with Gasteiger partial charge in [0.25, 0.3) is 0 Å². The fraction of sp³-hybridized carbons (Fsp3) is 0.261. The first-order chi connectivity index (χ1) is 14.5. The summed E-state index contributed by atoms with van der Waals surface area (Å²) in [5.74, 6) is -1.07. The number of carbonyl (C=O) groups excluding carboxylic acids is 3. The SMILES string of the molecule is CCOC(=O)C=Cc1ccc(NC(=O)C2CC(=O)N(Cc3ccccc3Cl)C2)cc1. The molecule has 1 unspecified atom stereocenters. The number of ether oxygens (including phenoxy) is 1. The lowest BCUT2D eigenvalue weighted by molar-refractivity contribution is -0.137. The van der Waals surface area contributed by atoms with E-state index in [4.69, 9.17) is 16.3 Å². The van der Waals surface area contributed by atoms with Crippen molar-refractivity contribution in [2.75, 3.05) is 18.5 Å². The first-order valence-electron chi connectivity index (χ1n) is 9.73. The molecule has 0 aromatic heterocycles. The number of likely N-dealkylation sites (tertiary alicyclic amines) is 1. The minimum absolute atomic E-state index is 0.0606. The molecule has 0 spiro atoms. The maximum absolute atomic E-state index is 12.6. The van der Waals surface area contributed by atoms with Gasteiger partial charge in [0.15, 0.2) is 0 Å². The van der Waals surface area contributed by atoms with Gasteiger partial charge in [0.05, 0.1) is 12.5 Å². The molecule has 1 aliphatic heterocycles. The summed E-state index contributed by atoms with van der Waals surface area (Å²) in [6.45, 7) is 2.82. The van der Waals surface area contributed by atoms with Gasteiger partial charge in [-0.25, -0.2) is 4.79 Å². The molecule has 2 aromatic rings. The van der Waals surface area contributed by atoms with E-state index < -0.39 is 11.9 Å². The number of hydrogen-bond acceptors (Lipinski definition) is 4. The van der Waals surface area contributed by atoms with Crippen molar-refractivity contribution < 1.29 is 19.1 Å². The molecular weight excluding hydrogens is 404 g/mol. The molecule has 1 N–H and O–H groups in total. The molecule has 6 nitrogen and oxygen atoms in total. The van der Waals surface area contributed by atoms with Crippen LogP contribution < -0.4 is 5.32 Å². The van der Waals surface area contributed by atoms with E-state index in [9.17, 15) is 14.4 Å². The number of nitrogens with zero attached hydrogens (tertiary/aromatic N) is 1. The van der Waals surface area contributed by atoms with E-state index in [1.807, 2.05) is 18.2 Å². The van der Waals surface area contributed by atoms with Gasteiger partial charge >= 0.3 is 5.97 Å². The Morgan fingerprint density at radius 2 is 1.93 bits per heavy atom. The van der Waals surface area contributed by atoms with Crippen molar-refractivity contribution in [2.24, 2.45) is 5.92 Å². The Morgan fingerprint density at radius 3 is 2.63 bits per heavy atom. The zero-order valence-electron chi connectivity index (χ0n) is 16.6. The molecule has 1 atom stereocenters. The van der Waals surface area contributed by atoms with Gasteiger partial charge < -0.3 is 15.0 Å². The van der Waals surface area contributed by atoms with Gasteiger partial charge in [-0.3, -0.25) is 9.59 Å². The summed E-state index contributed by atoms with van der Waals surface area (Å²) in [6, 6.07) is 14.4. The first kappa shape index (κ1) is 21.6. The van der Waals surface area contributed by atoms with E-state index in [-0.39, 0.29) is 18.2 Å². The molecule has 0 aliphatic carbocycles. The van der Waals surface area contributed by atoms with E-state index in [0.717, 1.165) is 11.1 Å². The summed E-state index contributed by atoms with van der Waals surface area (Å²) < 4.78 is 4.84. The summed E-state index contributed by atoms with van der Waals surface area (Å²) in [7, 11) is 0. The predicted molar refractivity (Wildman–Crippen MR) is 116 cm³/mol. The van der Waals surface area contributed by atoms with Crippen molar-refractivity contribution in [1.82, 2.24) is 4.90 Å². The quantitative estimate of drug-likeness (QED) is 0.538. The first-order valence-corrected chi connectivity index (χ1v) is 10.1. The number of amides is 2. The summed E-state index contributed by atoms with van der Waals surface area (Å²) in [5, 5.41) is 3.46. The van der Waals surface area contributed by atoms with Gasteiger partial charge in [-0.2, -0.15) is 0 Å². The molecular formula is C23H23ClN2O4. The highest BCUT2D eigenvalue weighted by Crippen LogP contribution is 2.24. The third kappa shape index (κ3) is 5.70. The van der Waals surface area contributed by atoms with E-state index in [2.05, 4.69) is 5.32 Å². The van der Waals surface area contributed by atoms with Crippen LogP contribution in [0.5, 0.6) is 0 Å². The molecule has 156 valence electrons. The van der Waals surface area contributed by atoms with E-state index >= 15 is 0 Å². The van der Waals surface area contributed by atoms with Crippen LogP contribution in [0.1, 0.15) is 24.5 Å².